The van der Waals surface area contributed by atoms with E-state index in [0.29, 0.717) is 16.6 Å². The van der Waals surface area contributed by atoms with Crippen LogP contribution in [0.15, 0.2) is 18.2 Å². The molecular formula is C16H21Cl2NO3. The number of aldehydes is 1. The molecule has 0 aliphatic rings. The Bertz CT molecular complexity index is 541. The Morgan fingerprint density at radius 2 is 1.95 bits per heavy atom. The fourth-order valence-corrected chi connectivity index (χ4v) is 2.25. The van der Waals surface area contributed by atoms with Gasteiger partial charge in [0.05, 0.1) is 10.0 Å². The maximum absolute atomic E-state index is 12.0. The van der Waals surface area contributed by atoms with Crippen LogP contribution in [0.3, 0.4) is 0 Å². The van der Waals surface area contributed by atoms with E-state index in [2.05, 4.69) is 0 Å². The summed E-state index contributed by atoms with van der Waals surface area (Å²) in [7, 11) is 1.64. The Hall–Kier alpha value is -1.26. The van der Waals surface area contributed by atoms with Gasteiger partial charge in [-0.1, -0.05) is 29.3 Å². The summed E-state index contributed by atoms with van der Waals surface area (Å²) < 4.78 is 5.31. The number of nitrogens with zero attached hydrogens (tertiary/aromatic N) is 1. The van der Waals surface area contributed by atoms with Crippen molar-refractivity contribution in [1.82, 2.24) is 4.90 Å². The van der Waals surface area contributed by atoms with E-state index in [0.717, 1.165) is 11.8 Å². The van der Waals surface area contributed by atoms with Crippen molar-refractivity contribution in [2.45, 2.75) is 38.7 Å². The number of rotatable bonds is 5. The van der Waals surface area contributed by atoms with Crippen LogP contribution in [0.1, 0.15) is 38.7 Å². The zero-order valence-corrected chi connectivity index (χ0v) is 14.7. The van der Waals surface area contributed by atoms with E-state index in [4.69, 9.17) is 27.9 Å². The lowest BCUT2D eigenvalue weighted by Crippen LogP contribution is -2.36. The van der Waals surface area contributed by atoms with Crippen LogP contribution >= 0.6 is 23.2 Å². The fraction of sp³-hybridized carbons (Fsp3) is 0.500. The quantitative estimate of drug-likeness (QED) is 0.736. The Balaban J connectivity index is 2.85. The van der Waals surface area contributed by atoms with Crippen molar-refractivity contribution in [2.24, 2.45) is 0 Å². The first kappa shape index (κ1) is 18.8. The molecule has 1 rings (SSSR count). The molecular weight excluding hydrogens is 325 g/mol. The molecule has 22 heavy (non-hydrogen) atoms. The van der Waals surface area contributed by atoms with Crippen molar-refractivity contribution in [3.8, 4) is 0 Å². The molecule has 0 aliphatic carbocycles. The summed E-state index contributed by atoms with van der Waals surface area (Å²) >= 11 is 11.9. The van der Waals surface area contributed by atoms with Crippen LogP contribution < -0.4 is 0 Å². The third-order valence-corrected chi connectivity index (χ3v) is 3.73. The largest absolute Gasteiger partial charge is 0.444 e. The van der Waals surface area contributed by atoms with Crippen molar-refractivity contribution < 1.29 is 14.3 Å². The predicted molar refractivity (Wildman–Crippen MR) is 88.7 cm³/mol. The molecule has 4 nitrogen and oxygen atoms in total. The van der Waals surface area contributed by atoms with Crippen LogP contribution in [0, 0.1) is 0 Å². The van der Waals surface area contributed by atoms with Gasteiger partial charge in [0, 0.05) is 25.9 Å². The van der Waals surface area contributed by atoms with E-state index in [-0.39, 0.29) is 12.3 Å². The average molecular weight is 346 g/mol. The predicted octanol–water partition coefficient (Wildman–Crippen LogP) is 4.53. The zero-order valence-electron chi connectivity index (χ0n) is 13.2. The Labute approximate surface area is 141 Å². The summed E-state index contributed by atoms with van der Waals surface area (Å²) in [5.74, 6) is -0.162. The monoisotopic (exact) mass is 345 g/mol. The highest BCUT2D eigenvalue weighted by atomic mass is 35.5. The number of carbonyl (C=O) groups excluding carboxylic acids is 2. The van der Waals surface area contributed by atoms with E-state index in [1.807, 2.05) is 6.07 Å². The van der Waals surface area contributed by atoms with Crippen molar-refractivity contribution in [3.05, 3.63) is 33.8 Å². The summed E-state index contributed by atoms with van der Waals surface area (Å²) in [6, 6.07) is 5.22. The Kier molecular flexibility index (Phi) is 6.69. The number of likely N-dealkylation sites (N-methyl/N-ethyl adjacent to an activating group) is 1. The summed E-state index contributed by atoms with van der Waals surface area (Å²) in [6.07, 6.45) is 0.685. The Morgan fingerprint density at radius 3 is 2.45 bits per heavy atom. The zero-order chi connectivity index (χ0) is 16.9. The molecule has 0 aliphatic heterocycles. The topological polar surface area (TPSA) is 46.6 Å². The van der Waals surface area contributed by atoms with Gasteiger partial charge < -0.3 is 14.4 Å². The lowest BCUT2D eigenvalue weighted by molar-refractivity contribution is -0.108. The van der Waals surface area contributed by atoms with Crippen LogP contribution in [0.25, 0.3) is 0 Å². The van der Waals surface area contributed by atoms with Crippen LogP contribution in [-0.2, 0) is 9.53 Å². The van der Waals surface area contributed by atoms with Gasteiger partial charge in [-0.05, 0) is 38.5 Å². The van der Waals surface area contributed by atoms with E-state index in [1.54, 1.807) is 40.0 Å². The number of hydrogen-bond donors (Lipinski definition) is 0. The van der Waals surface area contributed by atoms with Crippen molar-refractivity contribution in [1.29, 1.82) is 0 Å². The number of halogens is 2. The van der Waals surface area contributed by atoms with E-state index < -0.39 is 11.7 Å². The summed E-state index contributed by atoms with van der Waals surface area (Å²) in [5, 5.41) is 0.880. The second-order valence-electron chi connectivity index (χ2n) is 6.13. The minimum Gasteiger partial charge on any atom is -0.444 e. The number of benzene rings is 1. The minimum atomic E-state index is -0.560. The van der Waals surface area contributed by atoms with Gasteiger partial charge in [-0.15, -0.1) is 0 Å². The minimum absolute atomic E-state index is 0.162. The lowest BCUT2D eigenvalue weighted by Gasteiger charge is -2.27. The second-order valence-corrected chi connectivity index (χ2v) is 6.95. The molecule has 0 saturated carbocycles. The van der Waals surface area contributed by atoms with E-state index >= 15 is 0 Å². The fourth-order valence-electron chi connectivity index (χ4n) is 1.94. The van der Waals surface area contributed by atoms with Crippen LogP contribution in [-0.4, -0.2) is 36.5 Å². The third-order valence-electron chi connectivity index (χ3n) is 3.00. The van der Waals surface area contributed by atoms with Crippen LogP contribution in [0.2, 0.25) is 10.0 Å². The van der Waals surface area contributed by atoms with Crippen molar-refractivity contribution in [3.63, 3.8) is 0 Å². The highest BCUT2D eigenvalue weighted by Gasteiger charge is 2.23. The third kappa shape index (κ3) is 5.85. The standard InChI is InChI=1S/C16H21Cl2NO3/c1-16(2,3)22-15(21)19(4)10-12(7-8-20)11-5-6-13(17)14(18)9-11/h5-6,8-9,12H,7,10H2,1-4H3. The molecule has 1 unspecified atom stereocenters. The van der Waals surface area contributed by atoms with Gasteiger partial charge in [-0.3, -0.25) is 0 Å². The van der Waals surface area contributed by atoms with Crippen molar-refractivity contribution >= 4 is 35.6 Å². The number of amides is 1. The number of carbonyl (C=O) groups is 2. The van der Waals surface area contributed by atoms with Crippen molar-refractivity contribution in [2.75, 3.05) is 13.6 Å². The maximum Gasteiger partial charge on any atom is 0.410 e. The van der Waals surface area contributed by atoms with Crippen LogP contribution in [0.4, 0.5) is 4.79 Å². The van der Waals surface area contributed by atoms with Crippen LogP contribution in [0.5, 0.6) is 0 Å². The van der Waals surface area contributed by atoms with E-state index in [9.17, 15) is 9.59 Å². The molecule has 0 N–H and O–H groups in total. The van der Waals surface area contributed by atoms with E-state index in [1.165, 1.54) is 4.90 Å². The second kappa shape index (κ2) is 7.84. The average Bonchev–Trinajstić information content (AvgIpc) is 2.39. The molecule has 0 heterocycles. The van der Waals surface area contributed by atoms with Gasteiger partial charge in [-0.2, -0.15) is 0 Å². The highest BCUT2D eigenvalue weighted by Crippen LogP contribution is 2.28. The molecule has 1 amide bonds. The maximum atomic E-state index is 12.0. The molecule has 1 atom stereocenters. The van der Waals surface area contributed by atoms with Gasteiger partial charge in [-0.25, -0.2) is 4.79 Å². The molecule has 122 valence electrons. The summed E-state index contributed by atoms with van der Waals surface area (Å²) in [6.45, 7) is 5.77. The van der Waals surface area contributed by atoms with Gasteiger partial charge >= 0.3 is 6.09 Å². The molecule has 1 aromatic carbocycles. The number of hydrogen-bond acceptors (Lipinski definition) is 3. The number of ether oxygens (including phenoxy) is 1. The molecule has 6 heteroatoms. The normalized spacial score (nSPS) is 12.6. The summed E-state index contributed by atoms with van der Waals surface area (Å²) in [5.41, 5.74) is 0.298. The molecule has 0 aromatic heterocycles. The molecule has 0 spiro atoms. The SMILES string of the molecule is CN(CC(CC=O)c1ccc(Cl)c(Cl)c1)C(=O)OC(C)(C)C. The van der Waals surface area contributed by atoms with Gasteiger partial charge in [0.25, 0.3) is 0 Å². The first-order chi connectivity index (χ1) is 10.1. The van der Waals surface area contributed by atoms with Gasteiger partial charge in [0.15, 0.2) is 0 Å². The highest BCUT2D eigenvalue weighted by molar-refractivity contribution is 6.42. The van der Waals surface area contributed by atoms with Gasteiger partial charge in [0.2, 0.25) is 0 Å². The molecule has 0 bridgehead atoms. The molecule has 0 radical (unpaired) electrons. The first-order valence-electron chi connectivity index (χ1n) is 6.96. The summed E-state index contributed by atoms with van der Waals surface area (Å²) in [4.78, 5) is 24.4. The van der Waals surface area contributed by atoms with Gasteiger partial charge in [0.1, 0.15) is 11.9 Å². The molecule has 1 aromatic rings. The smallest absolute Gasteiger partial charge is 0.410 e. The lowest BCUT2D eigenvalue weighted by atomic mass is 9.96. The Morgan fingerprint density at radius 1 is 1.32 bits per heavy atom. The molecule has 0 fully saturated rings. The molecule has 0 saturated heterocycles. The first-order valence-corrected chi connectivity index (χ1v) is 7.72.